The Kier molecular flexibility index (Phi) is 1.37. The Bertz CT molecular complexity index is 547. The van der Waals surface area contributed by atoms with Gasteiger partial charge in [0.2, 0.25) is 0 Å². The highest BCUT2D eigenvalue weighted by atomic mass is 15.3. The Morgan fingerprint density at radius 3 is 3.14 bits per heavy atom. The SMILES string of the molecule is N#Cc1cnn2c3c(cnc12)CCC3. The maximum absolute atomic E-state index is 8.83. The van der Waals surface area contributed by atoms with Gasteiger partial charge in [-0.05, 0) is 24.8 Å². The third-order valence-corrected chi connectivity index (χ3v) is 2.69. The zero-order valence-corrected chi connectivity index (χ0v) is 7.56. The number of aryl methyl sites for hydroxylation is 2. The fourth-order valence-electron chi connectivity index (χ4n) is 2.01. The van der Waals surface area contributed by atoms with Crippen molar-refractivity contribution in [1.29, 1.82) is 5.26 Å². The van der Waals surface area contributed by atoms with E-state index in [4.69, 9.17) is 5.26 Å². The number of nitriles is 1. The highest BCUT2D eigenvalue weighted by Crippen LogP contribution is 2.22. The molecule has 0 saturated heterocycles. The number of rotatable bonds is 0. The molecule has 14 heavy (non-hydrogen) atoms. The molecule has 0 radical (unpaired) electrons. The van der Waals surface area contributed by atoms with Gasteiger partial charge in [0.15, 0.2) is 5.65 Å². The van der Waals surface area contributed by atoms with Crippen molar-refractivity contribution >= 4 is 5.65 Å². The molecule has 0 amide bonds. The predicted molar refractivity (Wildman–Crippen MR) is 49.7 cm³/mol. The Balaban J connectivity index is 2.41. The van der Waals surface area contributed by atoms with Crippen LogP contribution >= 0.6 is 0 Å². The van der Waals surface area contributed by atoms with E-state index in [1.165, 1.54) is 11.3 Å². The molecule has 4 nitrogen and oxygen atoms in total. The van der Waals surface area contributed by atoms with Crippen LogP contribution < -0.4 is 0 Å². The smallest absolute Gasteiger partial charge is 0.173 e. The zero-order chi connectivity index (χ0) is 9.54. The van der Waals surface area contributed by atoms with Gasteiger partial charge in [0.25, 0.3) is 0 Å². The van der Waals surface area contributed by atoms with Gasteiger partial charge in [-0.3, -0.25) is 0 Å². The van der Waals surface area contributed by atoms with Crippen LogP contribution in [0.4, 0.5) is 0 Å². The quantitative estimate of drug-likeness (QED) is 0.615. The molecule has 0 atom stereocenters. The van der Waals surface area contributed by atoms with Crippen LogP contribution in [0.3, 0.4) is 0 Å². The fraction of sp³-hybridized carbons (Fsp3) is 0.300. The summed E-state index contributed by atoms with van der Waals surface area (Å²) >= 11 is 0. The van der Waals surface area contributed by atoms with E-state index in [1.54, 1.807) is 10.7 Å². The lowest BCUT2D eigenvalue weighted by molar-refractivity contribution is 0.837. The van der Waals surface area contributed by atoms with Crippen LogP contribution in [0.15, 0.2) is 12.4 Å². The molecule has 2 aromatic heterocycles. The number of hydrogen-bond donors (Lipinski definition) is 0. The number of nitrogens with zero attached hydrogens (tertiary/aromatic N) is 4. The molecule has 2 heterocycles. The standard InChI is InChI=1S/C10H8N4/c11-4-8-6-13-14-9-3-1-2-7(9)5-12-10(8)14/h5-6H,1-3H2. The second-order valence-corrected chi connectivity index (χ2v) is 3.49. The molecule has 0 N–H and O–H groups in total. The van der Waals surface area contributed by atoms with Crippen molar-refractivity contribution in [3.63, 3.8) is 0 Å². The Labute approximate surface area is 80.8 Å². The minimum absolute atomic E-state index is 0.555. The molecule has 0 spiro atoms. The van der Waals surface area contributed by atoms with Gasteiger partial charge in [0.05, 0.1) is 6.20 Å². The van der Waals surface area contributed by atoms with E-state index in [1.807, 2.05) is 6.20 Å². The fourth-order valence-corrected chi connectivity index (χ4v) is 2.01. The first kappa shape index (κ1) is 7.51. The second-order valence-electron chi connectivity index (χ2n) is 3.49. The van der Waals surface area contributed by atoms with E-state index >= 15 is 0 Å². The van der Waals surface area contributed by atoms with E-state index < -0.39 is 0 Å². The normalized spacial score (nSPS) is 14.2. The summed E-state index contributed by atoms with van der Waals surface area (Å²) < 4.78 is 1.81. The summed E-state index contributed by atoms with van der Waals surface area (Å²) in [5, 5.41) is 13.0. The van der Waals surface area contributed by atoms with Crippen LogP contribution in [-0.4, -0.2) is 14.6 Å². The Morgan fingerprint density at radius 1 is 1.36 bits per heavy atom. The van der Waals surface area contributed by atoms with Crippen molar-refractivity contribution in [2.45, 2.75) is 19.3 Å². The van der Waals surface area contributed by atoms with Gasteiger partial charge in [0, 0.05) is 11.9 Å². The van der Waals surface area contributed by atoms with Gasteiger partial charge < -0.3 is 0 Å². The molecular formula is C10H8N4. The third-order valence-electron chi connectivity index (χ3n) is 2.69. The highest BCUT2D eigenvalue weighted by Gasteiger charge is 2.16. The van der Waals surface area contributed by atoms with Crippen LogP contribution in [0.2, 0.25) is 0 Å². The van der Waals surface area contributed by atoms with Crippen LogP contribution in [-0.2, 0) is 12.8 Å². The summed E-state index contributed by atoms with van der Waals surface area (Å²) in [5.74, 6) is 0. The topological polar surface area (TPSA) is 54.0 Å². The van der Waals surface area contributed by atoms with Gasteiger partial charge in [-0.2, -0.15) is 10.4 Å². The summed E-state index contributed by atoms with van der Waals surface area (Å²) in [7, 11) is 0. The van der Waals surface area contributed by atoms with E-state index in [-0.39, 0.29) is 0 Å². The largest absolute Gasteiger partial charge is 0.236 e. The first-order valence-electron chi connectivity index (χ1n) is 4.65. The van der Waals surface area contributed by atoms with Crippen molar-refractivity contribution in [2.24, 2.45) is 0 Å². The summed E-state index contributed by atoms with van der Waals surface area (Å²) in [6.45, 7) is 0. The summed E-state index contributed by atoms with van der Waals surface area (Å²) in [5.41, 5.74) is 3.73. The minimum atomic E-state index is 0.555. The molecule has 1 aliphatic carbocycles. The van der Waals surface area contributed by atoms with Crippen LogP contribution in [0.5, 0.6) is 0 Å². The van der Waals surface area contributed by atoms with Gasteiger partial charge >= 0.3 is 0 Å². The number of fused-ring (bicyclic) bond motifs is 3. The van der Waals surface area contributed by atoms with E-state index in [0.29, 0.717) is 11.2 Å². The lowest BCUT2D eigenvalue weighted by Gasteiger charge is -2.00. The van der Waals surface area contributed by atoms with Crippen LogP contribution in [0, 0.1) is 11.3 Å². The van der Waals surface area contributed by atoms with Gasteiger partial charge in [0.1, 0.15) is 11.6 Å². The highest BCUT2D eigenvalue weighted by molar-refractivity contribution is 5.55. The average molecular weight is 184 g/mol. The zero-order valence-electron chi connectivity index (χ0n) is 7.56. The maximum Gasteiger partial charge on any atom is 0.173 e. The van der Waals surface area contributed by atoms with Gasteiger partial charge in [-0.1, -0.05) is 0 Å². The molecule has 1 aliphatic rings. The summed E-state index contributed by atoms with van der Waals surface area (Å²) in [6.07, 6.45) is 6.75. The molecular weight excluding hydrogens is 176 g/mol. The molecule has 0 saturated carbocycles. The first-order valence-corrected chi connectivity index (χ1v) is 4.65. The van der Waals surface area contributed by atoms with Crippen LogP contribution in [0.1, 0.15) is 23.2 Å². The van der Waals surface area contributed by atoms with Crippen molar-refractivity contribution in [1.82, 2.24) is 14.6 Å². The lowest BCUT2D eigenvalue weighted by atomic mass is 10.2. The van der Waals surface area contributed by atoms with Crippen LogP contribution in [0.25, 0.3) is 5.65 Å². The lowest BCUT2D eigenvalue weighted by Crippen LogP contribution is -1.99. The Morgan fingerprint density at radius 2 is 2.29 bits per heavy atom. The van der Waals surface area contributed by atoms with Gasteiger partial charge in [-0.15, -0.1) is 0 Å². The average Bonchev–Trinajstić information content (AvgIpc) is 2.82. The summed E-state index contributed by atoms with van der Waals surface area (Å²) in [4.78, 5) is 4.26. The Hall–Kier alpha value is -1.89. The third kappa shape index (κ3) is 0.814. The molecule has 0 fully saturated rings. The second kappa shape index (κ2) is 2.55. The van der Waals surface area contributed by atoms with Crippen molar-refractivity contribution in [2.75, 3.05) is 0 Å². The molecule has 0 aromatic carbocycles. The molecule has 68 valence electrons. The van der Waals surface area contributed by atoms with Crippen molar-refractivity contribution in [3.8, 4) is 6.07 Å². The molecule has 2 aromatic rings. The molecule has 4 heteroatoms. The molecule has 0 aliphatic heterocycles. The maximum atomic E-state index is 8.83. The number of hydrogen-bond acceptors (Lipinski definition) is 3. The molecule has 3 rings (SSSR count). The van der Waals surface area contributed by atoms with E-state index in [2.05, 4.69) is 16.2 Å². The minimum Gasteiger partial charge on any atom is -0.236 e. The van der Waals surface area contributed by atoms with Gasteiger partial charge in [-0.25, -0.2) is 9.50 Å². The van der Waals surface area contributed by atoms with Crippen molar-refractivity contribution < 1.29 is 0 Å². The predicted octanol–water partition coefficient (Wildman–Crippen LogP) is 1.09. The van der Waals surface area contributed by atoms with E-state index in [9.17, 15) is 0 Å². The van der Waals surface area contributed by atoms with E-state index in [0.717, 1.165) is 19.3 Å². The summed E-state index contributed by atoms with van der Waals surface area (Å²) in [6, 6.07) is 2.10. The number of aromatic nitrogens is 3. The monoisotopic (exact) mass is 184 g/mol. The molecule has 0 unspecified atom stereocenters. The van der Waals surface area contributed by atoms with Crippen molar-refractivity contribution in [3.05, 3.63) is 29.2 Å². The molecule has 0 bridgehead atoms. The first-order chi connectivity index (χ1) is 6.90.